The van der Waals surface area contributed by atoms with Crippen LogP contribution < -0.4 is 11.1 Å². The minimum absolute atomic E-state index is 0.0667. The second kappa shape index (κ2) is 3.86. The molecule has 0 aromatic carbocycles. The second-order valence-corrected chi connectivity index (χ2v) is 4.77. The van der Waals surface area contributed by atoms with E-state index in [-0.39, 0.29) is 5.91 Å². The minimum Gasteiger partial charge on any atom is -0.392 e. The highest BCUT2D eigenvalue weighted by molar-refractivity contribution is 7.80. The van der Waals surface area contributed by atoms with Gasteiger partial charge in [0.15, 0.2) is 0 Å². The average Bonchev–Trinajstić information content (AvgIpc) is 2.87. The number of nitrogens with one attached hydrogen (secondary N) is 1. The summed E-state index contributed by atoms with van der Waals surface area (Å²) >= 11 is 6.40. The number of thiazole rings is 1. The number of nitrogens with two attached hydrogens (primary N) is 1. The number of carbonyl (C=O) groups excluding carboxylic acids is 1. The predicted octanol–water partition coefficient (Wildman–Crippen LogP) is 0.826. The van der Waals surface area contributed by atoms with Gasteiger partial charge in [-0.3, -0.25) is 4.79 Å². The molecular weight excluding hydrogens is 230 g/mol. The second-order valence-electron chi connectivity index (χ2n) is 3.61. The first kappa shape index (κ1) is 10.5. The number of amides is 1. The molecule has 1 aromatic heterocycles. The number of carbonyl (C=O) groups is 1. The summed E-state index contributed by atoms with van der Waals surface area (Å²) < 4.78 is 0. The smallest absolute Gasteiger partial charge is 0.233 e. The van der Waals surface area contributed by atoms with Crippen molar-refractivity contribution in [2.75, 3.05) is 0 Å². The number of rotatable bonds is 4. The van der Waals surface area contributed by atoms with Gasteiger partial charge in [-0.2, -0.15) is 0 Å². The van der Waals surface area contributed by atoms with Gasteiger partial charge in [0.2, 0.25) is 5.91 Å². The van der Waals surface area contributed by atoms with Crippen LogP contribution in [0.15, 0.2) is 10.9 Å². The lowest BCUT2D eigenvalue weighted by atomic mass is 10.1. The molecule has 1 amide bonds. The molecule has 2 rings (SSSR count). The van der Waals surface area contributed by atoms with E-state index in [4.69, 9.17) is 18.0 Å². The first-order valence-electron chi connectivity index (χ1n) is 4.60. The first-order valence-corrected chi connectivity index (χ1v) is 5.95. The zero-order valence-electron chi connectivity index (χ0n) is 8.03. The van der Waals surface area contributed by atoms with Crippen molar-refractivity contribution in [3.05, 3.63) is 16.6 Å². The van der Waals surface area contributed by atoms with Crippen molar-refractivity contribution in [1.29, 1.82) is 0 Å². The Labute approximate surface area is 96.9 Å². The maximum atomic E-state index is 11.8. The summed E-state index contributed by atoms with van der Waals surface area (Å²) in [6.07, 6.45) is 1.54. The number of nitrogens with zero attached hydrogens (tertiary/aromatic N) is 1. The molecule has 1 heterocycles. The molecule has 1 saturated carbocycles. The van der Waals surface area contributed by atoms with Crippen LogP contribution in [0.1, 0.15) is 18.5 Å². The van der Waals surface area contributed by atoms with Crippen LogP contribution in [0.2, 0.25) is 0 Å². The van der Waals surface area contributed by atoms with E-state index in [2.05, 4.69) is 10.3 Å². The normalized spacial score (nSPS) is 17.1. The van der Waals surface area contributed by atoms with Crippen LogP contribution in [0.25, 0.3) is 0 Å². The Hall–Kier alpha value is -1.01. The van der Waals surface area contributed by atoms with Gasteiger partial charge in [-0.1, -0.05) is 12.2 Å². The number of hydrogen-bond donors (Lipinski definition) is 2. The third kappa shape index (κ3) is 2.00. The quantitative estimate of drug-likeness (QED) is 0.766. The lowest BCUT2D eigenvalue weighted by Crippen LogP contribution is -2.39. The van der Waals surface area contributed by atoms with Crippen molar-refractivity contribution in [3.8, 4) is 0 Å². The van der Waals surface area contributed by atoms with E-state index in [1.54, 1.807) is 5.51 Å². The molecule has 3 N–H and O–H groups in total. The molecule has 80 valence electrons. The molecule has 0 radical (unpaired) electrons. The minimum atomic E-state index is -0.564. The molecule has 6 heteroatoms. The molecule has 0 aliphatic heterocycles. The summed E-state index contributed by atoms with van der Waals surface area (Å²) in [6.45, 7) is 0.451. The van der Waals surface area contributed by atoms with Crippen molar-refractivity contribution in [1.82, 2.24) is 10.3 Å². The van der Waals surface area contributed by atoms with Crippen LogP contribution in [-0.2, 0) is 11.3 Å². The Bertz CT molecular complexity index is 384. The highest BCUT2D eigenvalue weighted by Gasteiger charge is 2.52. The molecule has 1 aliphatic carbocycles. The van der Waals surface area contributed by atoms with Gasteiger partial charge in [0, 0.05) is 5.38 Å². The van der Waals surface area contributed by atoms with Gasteiger partial charge >= 0.3 is 0 Å². The summed E-state index contributed by atoms with van der Waals surface area (Å²) in [5.74, 6) is -0.0667. The van der Waals surface area contributed by atoms with Crippen LogP contribution in [-0.4, -0.2) is 15.9 Å². The lowest BCUT2D eigenvalue weighted by Gasteiger charge is -2.12. The Balaban J connectivity index is 1.91. The van der Waals surface area contributed by atoms with Gasteiger partial charge in [-0.15, -0.1) is 11.3 Å². The van der Waals surface area contributed by atoms with E-state index in [0.29, 0.717) is 11.5 Å². The van der Waals surface area contributed by atoms with E-state index in [0.717, 1.165) is 18.5 Å². The van der Waals surface area contributed by atoms with E-state index in [9.17, 15) is 4.79 Å². The average molecular weight is 241 g/mol. The fourth-order valence-corrected chi connectivity index (χ4v) is 2.23. The molecule has 15 heavy (non-hydrogen) atoms. The Morgan fingerprint density at radius 3 is 2.93 bits per heavy atom. The predicted molar refractivity (Wildman–Crippen MR) is 62.4 cm³/mol. The summed E-state index contributed by atoms with van der Waals surface area (Å²) in [5, 5.41) is 4.71. The van der Waals surface area contributed by atoms with Crippen molar-refractivity contribution in [3.63, 3.8) is 0 Å². The fraction of sp³-hybridized carbons (Fsp3) is 0.444. The molecular formula is C9H11N3OS2. The van der Waals surface area contributed by atoms with Gasteiger partial charge in [0.05, 0.1) is 28.2 Å². The summed E-state index contributed by atoms with van der Waals surface area (Å²) in [7, 11) is 0. The van der Waals surface area contributed by atoms with Crippen molar-refractivity contribution in [2.45, 2.75) is 19.4 Å². The lowest BCUT2D eigenvalue weighted by molar-refractivity contribution is -0.124. The zero-order valence-corrected chi connectivity index (χ0v) is 9.66. The standard InChI is InChI=1S/C9H11N3OS2/c10-7(14)9(1-2-9)8(13)11-3-6-4-15-5-12-6/h4-5H,1-3H2,(H2,10,14)(H,11,13). The van der Waals surface area contributed by atoms with Gasteiger partial charge < -0.3 is 11.1 Å². The molecule has 4 nitrogen and oxygen atoms in total. The zero-order chi connectivity index (χ0) is 10.9. The van der Waals surface area contributed by atoms with Crippen molar-refractivity contribution >= 4 is 34.5 Å². The van der Waals surface area contributed by atoms with Crippen molar-refractivity contribution in [2.24, 2.45) is 11.1 Å². The number of thiocarbonyl (C=S) groups is 1. The van der Waals surface area contributed by atoms with Crippen molar-refractivity contribution < 1.29 is 4.79 Å². The molecule has 0 saturated heterocycles. The van der Waals surface area contributed by atoms with E-state index < -0.39 is 5.41 Å². The maximum Gasteiger partial charge on any atom is 0.233 e. The van der Waals surface area contributed by atoms with Crippen LogP contribution >= 0.6 is 23.6 Å². The molecule has 1 aromatic rings. The van der Waals surface area contributed by atoms with Crippen LogP contribution in [0.4, 0.5) is 0 Å². The molecule has 0 spiro atoms. The van der Waals surface area contributed by atoms with Gasteiger partial charge in [-0.05, 0) is 12.8 Å². The SMILES string of the molecule is NC(=S)C1(C(=O)NCc2cscn2)CC1. The largest absolute Gasteiger partial charge is 0.392 e. The summed E-state index contributed by atoms with van der Waals surface area (Å²) in [4.78, 5) is 16.1. The third-order valence-electron chi connectivity index (χ3n) is 2.57. The first-order chi connectivity index (χ1) is 7.15. The number of aromatic nitrogens is 1. The topological polar surface area (TPSA) is 68.0 Å². The van der Waals surface area contributed by atoms with Gasteiger partial charge in [0.25, 0.3) is 0 Å². The fourth-order valence-electron chi connectivity index (χ4n) is 1.38. The Morgan fingerprint density at radius 1 is 1.73 bits per heavy atom. The summed E-state index contributed by atoms with van der Waals surface area (Å²) in [5.41, 5.74) is 7.58. The van der Waals surface area contributed by atoms with E-state index in [1.165, 1.54) is 11.3 Å². The van der Waals surface area contributed by atoms with Crippen LogP contribution in [0.5, 0.6) is 0 Å². The maximum absolute atomic E-state index is 11.8. The third-order valence-corrected chi connectivity index (χ3v) is 3.60. The van der Waals surface area contributed by atoms with Gasteiger partial charge in [0.1, 0.15) is 0 Å². The summed E-state index contributed by atoms with van der Waals surface area (Å²) in [6, 6.07) is 0. The molecule has 0 bridgehead atoms. The molecule has 0 unspecified atom stereocenters. The monoisotopic (exact) mass is 241 g/mol. The Kier molecular flexibility index (Phi) is 2.70. The number of hydrogen-bond acceptors (Lipinski definition) is 4. The highest BCUT2D eigenvalue weighted by atomic mass is 32.1. The molecule has 1 aliphatic rings. The van der Waals surface area contributed by atoms with Crippen LogP contribution in [0.3, 0.4) is 0 Å². The van der Waals surface area contributed by atoms with Crippen LogP contribution in [0, 0.1) is 5.41 Å². The Morgan fingerprint density at radius 2 is 2.47 bits per heavy atom. The highest BCUT2D eigenvalue weighted by Crippen LogP contribution is 2.46. The van der Waals surface area contributed by atoms with E-state index >= 15 is 0 Å². The van der Waals surface area contributed by atoms with E-state index in [1.807, 2.05) is 5.38 Å². The molecule has 0 atom stereocenters. The molecule has 1 fully saturated rings. The van der Waals surface area contributed by atoms with Gasteiger partial charge in [-0.25, -0.2) is 4.98 Å².